The number of carbonyl (C=O) groups is 2. The summed E-state index contributed by atoms with van der Waals surface area (Å²) < 4.78 is 0. The van der Waals surface area contributed by atoms with Gasteiger partial charge in [0.1, 0.15) is 6.04 Å². The van der Waals surface area contributed by atoms with E-state index in [1.54, 1.807) is 23.1 Å². The van der Waals surface area contributed by atoms with Gasteiger partial charge in [0.2, 0.25) is 11.8 Å². The van der Waals surface area contributed by atoms with Crippen molar-refractivity contribution in [1.82, 2.24) is 10.2 Å². The van der Waals surface area contributed by atoms with E-state index >= 15 is 0 Å². The van der Waals surface area contributed by atoms with Crippen LogP contribution in [0.5, 0.6) is 0 Å². The van der Waals surface area contributed by atoms with Crippen LogP contribution in [0.1, 0.15) is 62.1 Å². The number of carbonyl (C=O) groups excluding carboxylic acids is 2. The van der Waals surface area contributed by atoms with E-state index in [9.17, 15) is 9.59 Å². The fourth-order valence-corrected chi connectivity index (χ4v) is 4.60. The summed E-state index contributed by atoms with van der Waals surface area (Å²) in [4.78, 5) is 28.4. The van der Waals surface area contributed by atoms with Crippen molar-refractivity contribution in [1.29, 1.82) is 0 Å². The number of amides is 2. The summed E-state index contributed by atoms with van der Waals surface area (Å²) in [5, 5.41) is 4.09. The molecule has 172 valence electrons. The van der Waals surface area contributed by atoms with Crippen molar-refractivity contribution in [3.8, 4) is 0 Å². The van der Waals surface area contributed by atoms with Crippen LogP contribution in [0.15, 0.2) is 42.5 Å². The number of hydrogen-bond acceptors (Lipinski definition) is 2. The molecule has 1 N–H and O–H groups in total. The van der Waals surface area contributed by atoms with Gasteiger partial charge in [-0.3, -0.25) is 9.59 Å². The molecule has 4 nitrogen and oxygen atoms in total. The van der Waals surface area contributed by atoms with Gasteiger partial charge in [0, 0.05) is 12.6 Å². The zero-order chi connectivity index (χ0) is 23.1. The van der Waals surface area contributed by atoms with Crippen LogP contribution in [0.4, 0.5) is 0 Å². The topological polar surface area (TPSA) is 49.4 Å². The molecule has 1 fully saturated rings. The van der Waals surface area contributed by atoms with Crippen molar-refractivity contribution in [3.63, 3.8) is 0 Å². The van der Waals surface area contributed by atoms with E-state index < -0.39 is 6.04 Å². The Kier molecular flexibility index (Phi) is 9.01. The molecule has 3 rings (SSSR count). The molecule has 6 heteroatoms. The first-order valence-electron chi connectivity index (χ1n) is 11.5. The molecule has 0 radical (unpaired) electrons. The third kappa shape index (κ3) is 6.73. The largest absolute Gasteiger partial charge is 0.352 e. The third-order valence-electron chi connectivity index (χ3n) is 6.15. The summed E-state index contributed by atoms with van der Waals surface area (Å²) in [5.41, 5.74) is 2.94. The van der Waals surface area contributed by atoms with Gasteiger partial charge in [-0.15, -0.1) is 0 Å². The highest BCUT2D eigenvalue weighted by atomic mass is 35.5. The van der Waals surface area contributed by atoms with Crippen LogP contribution in [0.3, 0.4) is 0 Å². The van der Waals surface area contributed by atoms with Crippen molar-refractivity contribution in [2.24, 2.45) is 0 Å². The van der Waals surface area contributed by atoms with E-state index in [1.807, 2.05) is 38.1 Å². The number of rotatable bonds is 8. The summed E-state index contributed by atoms with van der Waals surface area (Å²) in [7, 11) is 0. The highest BCUT2D eigenvalue weighted by molar-refractivity contribution is 6.42. The van der Waals surface area contributed by atoms with Gasteiger partial charge in [-0.2, -0.15) is 0 Å². The number of aryl methyl sites for hydroxylation is 1. The number of nitrogens with one attached hydrogen (secondary N) is 1. The lowest BCUT2D eigenvalue weighted by Crippen LogP contribution is -2.51. The first kappa shape index (κ1) is 24.6. The predicted molar refractivity (Wildman–Crippen MR) is 131 cm³/mol. The Morgan fingerprint density at radius 2 is 1.66 bits per heavy atom. The standard InChI is InChI=1S/C26H32Cl2N2O2/c1-3-24(26(32)29-21-7-5-4-6-8-21)30(17-19-11-9-18(2)10-12-19)25(31)16-20-13-14-22(27)23(28)15-20/h9-15,21,24H,3-8,16-17H2,1-2H3,(H,29,32)/t24-/m1/s1. The Bertz CT molecular complexity index is 924. The molecule has 2 aromatic carbocycles. The summed E-state index contributed by atoms with van der Waals surface area (Å²) in [6.07, 6.45) is 6.25. The lowest BCUT2D eigenvalue weighted by Gasteiger charge is -2.33. The fourth-order valence-electron chi connectivity index (χ4n) is 4.28. The average molecular weight is 475 g/mol. The van der Waals surface area contributed by atoms with Gasteiger partial charge < -0.3 is 10.2 Å². The molecule has 0 unspecified atom stereocenters. The van der Waals surface area contributed by atoms with E-state index in [1.165, 1.54) is 6.42 Å². The lowest BCUT2D eigenvalue weighted by molar-refractivity contribution is -0.141. The van der Waals surface area contributed by atoms with E-state index in [0.29, 0.717) is 23.0 Å². The van der Waals surface area contributed by atoms with Crippen LogP contribution < -0.4 is 5.32 Å². The second kappa shape index (κ2) is 11.7. The quantitative estimate of drug-likeness (QED) is 0.502. The molecule has 0 aliphatic heterocycles. The van der Waals surface area contributed by atoms with Gasteiger partial charge in [-0.25, -0.2) is 0 Å². The summed E-state index contributed by atoms with van der Waals surface area (Å²) >= 11 is 12.2. The van der Waals surface area contributed by atoms with Crippen LogP contribution in [-0.2, 0) is 22.6 Å². The maximum Gasteiger partial charge on any atom is 0.243 e. The molecule has 0 bridgehead atoms. The first-order chi connectivity index (χ1) is 15.4. The number of nitrogens with zero attached hydrogens (tertiary/aromatic N) is 1. The summed E-state index contributed by atoms with van der Waals surface area (Å²) in [5.74, 6) is -0.163. The molecule has 1 atom stereocenters. The van der Waals surface area contributed by atoms with Crippen molar-refractivity contribution in [3.05, 3.63) is 69.2 Å². The maximum atomic E-state index is 13.4. The Hall–Kier alpha value is -2.04. The highest BCUT2D eigenvalue weighted by Gasteiger charge is 2.30. The van der Waals surface area contributed by atoms with Gasteiger partial charge in [0.25, 0.3) is 0 Å². The minimum Gasteiger partial charge on any atom is -0.352 e. The predicted octanol–water partition coefficient (Wildman–Crippen LogP) is 6.10. The molecule has 1 aliphatic rings. The van der Waals surface area contributed by atoms with Crippen molar-refractivity contribution >= 4 is 35.0 Å². The van der Waals surface area contributed by atoms with Crippen molar-refractivity contribution < 1.29 is 9.59 Å². The van der Waals surface area contributed by atoms with E-state index in [0.717, 1.165) is 42.4 Å². The minimum absolute atomic E-state index is 0.0611. The molecule has 1 saturated carbocycles. The average Bonchev–Trinajstić information content (AvgIpc) is 2.78. The molecule has 2 amide bonds. The van der Waals surface area contributed by atoms with Gasteiger partial charge >= 0.3 is 0 Å². The monoisotopic (exact) mass is 474 g/mol. The van der Waals surface area contributed by atoms with Crippen LogP contribution in [0.2, 0.25) is 10.0 Å². The zero-order valence-electron chi connectivity index (χ0n) is 18.9. The van der Waals surface area contributed by atoms with Gasteiger partial charge in [0.05, 0.1) is 16.5 Å². The normalized spacial score (nSPS) is 15.2. The van der Waals surface area contributed by atoms with Crippen molar-refractivity contribution in [2.75, 3.05) is 0 Å². The lowest BCUT2D eigenvalue weighted by atomic mass is 9.95. The second-order valence-corrected chi connectivity index (χ2v) is 9.51. The summed E-state index contributed by atoms with van der Waals surface area (Å²) in [6, 6.07) is 13.0. The van der Waals surface area contributed by atoms with Gasteiger partial charge in [-0.1, -0.05) is 85.3 Å². The van der Waals surface area contributed by atoms with Gasteiger partial charge in [0.15, 0.2) is 0 Å². The molecule has 0 spiro atoms. The van der Waals surface area contributed by atoms with Crippen LogP contribution in [-0.4, -0.2) is 28.8 Å². The zero-order valence-corrected chi connectivity index (χ0v) is 20.4. The third-order valence-corrected chi connectivity index (χ3v) is 6.89. The highest BCUT2D eigenvalue weighted by Crippen LogP contribution is 2.24. The SMILES string of the molecule is CC[C@H](C(=O)NC1CCCCC1)N(Cc1ccc(C)cc1)C(=O)Cc1ccc(Cl)c(Cl)c1. The Morgan fingerprint density at radius 3 is 2.28 bits per heavy atom. The van der Waals surface area contributed by atoms with Crippen molar-refractivity contribution in [2.45, 2.75) is 77.4 Å². The molecular formula is C26H32Cl2N2O2. The van der Waals surface area contributed by atoms with Crippen LogP contribution in [0.25, 0.3) is 0 Å². The maximum absolute atomic E-state index is 13.4. The molecule has 2 aromatic rings. The van der Waals surface area contributed by atoms with E-state index in [-0.39, 0.29) is 24.3 Å². The first-order valence-corrected chi connectivity index (χ1v) is 12.2. The second-order valence-electron chi connectivity index (χ2n) is 8.70. The smallest absolute Gasteiger partial charge is 0.243 e. The number of hydrogen-bond donors (Lipinski definition) is 1. The molecule has 0 saturated heterocycles. The molecule has 1 aliphatic carbocycles. The van der Waals surface area contributed by atoms with Crippen LogP contribution >= 0.6 is 23.2 Å². The Morgan fingerprint density at radius 1 is 1.00 bits per heavy atom. The molecule has 32 heavy (non-hydrogen) atoms. The molecular weight excluding hydrogens is 443 g/mol. The Labute approximate surface area is 201 Å². The fraction of sp³-hybridized carbons (Fsp3) is 0.462. The summed E-state index contributed by atoms with van der Waals surface area (Å²) in [6.45, 7) is 4.38. The van der Waals surface area contributed by atoms with E-state index in [4.69, 9.17) is 23.2 Å². The minimum atomic E-state index is -0.520. The van der Waals surface area contributed by atoms with E-state index in [2.05, 4.69) is 5.32 Å². The van der Waals surface area contributed by atoms with Crippen LogP contribution in [0, 0.1) is 6.92 Å². The Balaban J connectivity index is 1.81. The molecule has 0 heterocycles. The van der Waals surface area contributed by atoms with Gasteiger partial charge in [-0.05, 0) is 49.4 Å². The number of benzene rings is 2. The number of halogens is 2. The molecule has 0 aromatic heterocycles.